The first-order chi connectivity index (χ1) is 8.34. The van der Waals surface area contributed by atoms with Gasteiger partial charge in [0.05, 0.1) is 17.5 Å². The number of rotatable bonds is 2. The third-order valence-corrected chi connectivity index (χ3v) is 2.28. The summed E-state index contributed by atoms with van der Waals surface area (Å²) >= 11 is 0. The lowest BCUT2D eigenvalue weighted by atomic mass is 10.1. The summed E-state index contributed by atoms with van der Waals surface area (Å²) in [6.07, 6.45) is 4.93. The molecule has 3 heterocycles. The van der Waals surface area contributed by atoms with Crippen molar-refractivity contribution in [1.29, 1.82) is 0 Å². The molecular formula is C10H7N5O2. The molecule has 7 heteroatoms. The maximum absolute atomic E-state index is 10.9. The second-order valence-electron chi connectivity index (χ2n) is 3.34. The van der Waals surface area contributed by atoms with Crippen LogP contribution < -0.4 is 5.76 Å². The predicted octanol–water partition coefficient (Wildman–Crippen LogP) is 0.815. The van der Waals surface area contributed by atoms with Gasteiger partial charge in [0.15, 0.2) is 5.82 Å². The van der Waals surface area contributed by atoms with Crippen molar-refractivity contribution < 1.29 is 4.52 Å². The third-order valence-electron chi connectivity index (χ3n) is 2.28. The minimum absolute atomic E-state index is 0.336. The van der Waals surface area contributed by atoms with Crippen LogP contribution in [-0.4, -0.2) is 25.3 Å². The number of nitrogens with zero attached hydrogens (tertiary/aromatic N) is 3. The number of aromatic nitrogens is 5. The van der Waals surface area contributed by atoms with Gasteiger partial charge in [-0.15, -0.1) is 0 Å². The Morgan fingerprint density at radius 2 is 2.24 bits per heavy atom. The van der Waals surface area contributed by atoms with E-state index in [0.717, 1.165) is 11.3 Å². The first-order valence-corrected chi connectivity index (χ1v) is 4.85. The van der Waals surface area contributed by atoms with E-state index in [1.807, 2.05) is 12.1 Å². The summed E-state index contributed by atoms with van der Waals surface area (Å²) in [5.74, 6) is -0.263. The molecule has 0 unspecified atom stereocenters. The lowest BCUT2D eigenvalue weighted by molar-refractivity contribution is 0.388. The van der Waals surface area contributed by atoms with Crippen molar-refractivity contribution in [3.8, 4) is 22.6 Å². The summed E-state index contributed by atoms with van der Waals surface area (Å²) < 4.78 is 4.46. The molecular weight excluding hydrogens is 222 g/mol. The molecule has 0 saturated heterocycles. The molecule has 3 aromatic rings. The molecule has 0 aromatic carbocycles. The predicted molar refractivity (Wildman–Crippen MR) is 57.9 cm³/mol. The normalized spacial score (nSPS) is 10.6. The standard InChI is InChI=1S/C10H7N5O2/c16-10-13-9(15-17-10)7-5-12-14-8(7)6-2-1-3-11-4-6/h1-5H,(H,12,14)(H,13,15,16). The van der Waals surface area contributed by atoms with Gasteiger partial charge in [0.2, 0.25) is 0 Å². The number of hydrogen-bond donors (Lipinski definition) is 2. The molecule has 0 bridgehead atoms. The first kappa shape index (κ1) is 9.52. The van der Waals surface area contributed by atoms with Crippen molar-refractivity contribution >= 4 is 0 Å². The minimum atomic E-state index is -0.599. The van der Waals surface area contributed by atoms with Crippen LogP contribution >= 0.6 is 0 Å². The van der Waals surface area contributed by atoms with Crippen LogP contribution in [0.1, 0.15) is 0 Å². The molecule has 0 amide bonds. The molecule has 17 heavy (non-hydrogen) atoms. The van der Waals surface area contributed by atoms with E-state index in [0.29, 0.717) is 11.4 Å². The van der Waals surface area contributed by atoms with Gasteiger partial charge in [-0.25, -0.2) is 4.79 Å². The molecule has 0 radical (unpaired) electrons. The topological polar surface area (TPSA) is 100 Å². The van der Waals surface area contributed by atoms with Crippen LogP contribution in [0.3, 0.4) is 0 Å². The van der Waals surface area contributed by atoms with Crippen LogP contribution in [0.4, 0.5) is 0 Å². The highest BCUT2D eigenvalue weighted by Gasteiger charge is 2.13. The second-order valence-corrected chi connectivity index (χ2v) is 3.34. The second kappa shape index (κ2) is 3.71. The van der Waals surface area contributed by atoms with Crippen molar-refractivity contribution in [1.82, 2.24) is 25.3 Å². The number of H-pyrrole nitrogens is 2. The average Bonchev–Trinajstić information content (AvgIpc) is 2.98. The largest absolute Gasteiger partial charge is 0.439 e. The summed E-state index contributed by atoms with van der Waals surface area (Å²) in [5, 5.41) is 10.4. The zero-order chi connectivity index (χ0) is 11.7. The van der Waals surface area contributed by atoms with Gasteiger partial charge in [-0.1, -0.05) is 5.16 Å². The van der Waals surface area contributed by atoms with Crippen molar-refractivity contribution in [3.05, 3.63) is 41.3 Å². The van der Waals surface area contributed by atoms with Gasteiger partial charge in [-0.3, -0.25) is 19.6 Å². The summed E-state index contributed by atoms with van der Waals surface area (Å²) in [6.45, 7) is 0. The lowest BCUT2D eigenvalue weighted by Gasteiger charge is -1.98. The third kappa shape index (κ3) is 1.63. The molecule has 0 aliphatic rings. The highest BCUT2D eigenvalue weighted by atomic mass is 16.5. The zero-order valence-corrected chi connectivity index (χ0v) is 8.54. The zero-order valence-electron chi connectivity index (χ0n) is 8.54. The SMILES string of the molecule is O=c1[nH]c(-c2cn[nH]c2-c2cccnc2)no1. The van der Waals surface area contributed by atoms with Crippen LogP contribution in [0, 0.1) is 0 Å². The molecule has 84 valence electrons. The summed E-state index contributed by atoms with van der Waals surface area (Å²) in [5.41, 5.74) is 2.23. The van der Waals surface area contributed by atoms with Crippen molar-refractivity contribution in [2.24, 2.45) is 0 Å². The Labute approximate surface area is 94.5 Å². The van der Waals surface area contributed by atoms with Gasteiger partial charge in [-0.2, -0.15) is 5.10 Å². The van der Waals surface area contributed by atoms with E-state index >= 15 is 0 Å². The quantitative estimate of drug-likeness (QED) is 0.677. The monoisotopic (exact) mass is 229 g/mol. The van der Waals surface area contributed by atoms with E-state index in [-0.39, 0.29) is 0 Å². The molecule has 7 nitrogen and oxygen atoms in total. The molecule has 0 aliphatic carbocycles. The fourth-order valence-electron chi connectivity index (χ4n) is 1.54. The molecule has 0 atom stereocenters. The summed E-state index contributed by atoms with van der Waals surface area (Å²) in [4.78, 5) is 17.4. The van der Waals surface area contributed by atoms with Gasteiger partial charge in [0.1, 0.15) is 0 Å². The lowest BCUT2D eigenvalue weighted by Crippen LogP contribution is -1.95. The molecule has 0 aliphatic heterocycles. The fourth-order valence-corrected chi connectivity index (χ4v) is 1.54. The molecule has 3 rings (SSSR count). The number of pyridine rings is 1. The Morgan fingerprint density at radius 3 is 2.94 bits per heavy atom. The van der Waals surface area contributed by atoms with E-state index < -0.39 is 5.76 Å². The Kier molecular flexibility index (Phi) is 2.08. The van der Waals surface area contributed by atoms with E-state index in [1.165, 1.54) is 0 Å². The van der Waals surface area contributed by atoms with Gasteiger partial charge >= 0.3 is 5.76 Å². The maximum atomic E-state index is 10.9. The van der Waals surface area contributed by atoms with Crippen molar-refractivity contribution in [2.75, 3.05) is 0 Å². The van der Waals surface area contributed by atoms with Gasteiger partial charge < -0.3 is 0 Å². The van der Waals surface area contributed by atoms with Gasteiger partial charge in [0.25, 0.3) is 0 Å². The molecule has 3 aromatic heterocycles. The van der Waals surface area contributed by atoms with Crippen LogP contribution in [0.15, 0.2) is 40.0 Å². The minimum Gasteiger partial charge on any atom is -0.296 e. The highest BCUT2D eigenvalue weighted by molar-refractivity contribution is 5.75. The highest BCUT2D eigenvalue weighted by Crippen LogP contribution is 2.26. The average molecular weight is 229 g/mol. The van der Waals surface area contributed by atoms with E-state index in [9.17, 15) is 4.79 Å². The van der Waals surface area contributed by atoms with Crippen molar-refractivity contribution in [3.63, 3.8) is 0 Å². The Morgan fingerprint density at radius 1 is 1.29 bits per heavy atom. The molecule has 2 N–H and O–H groups in total. The van der Waals surface area contributed by atoms with E-state index in [2.05, 4.69) is 29.8 Å². The smallest absolute Gasteiger partial charge is 0.296 e. The number of hydrogen-bond acceptors (Lipinski definition) is 5. The van der Waals surface area contributed by atoms with E-state index in [4.69, 9.17) is 0 Å². The summed E-state index contributed by atoms with van der Waals surface area (Å²) in [6, 6.07) is 3.69. The Balaban J connectivity index is 2.15. The first-order valence-electron chi connectivity index (χ1n) is 4.85. The fraction of sp³-hybridized carbons (Fsp3) is 0. The van der Waals surface area contributed by atoms with Gasteiger partial charge in [0, 0.05) is 18.0 Å². The van der Waals surface area contributed by atoms with E-state index in [1.54, 1.807) is 18.6 Å². The van der Waals surface area contributed by atoms with Crippen LogP contribution in [0.5, 0.6) is 0 Å². The summed E-state index contributed by atoms with van der Waals surface area (Å²) in [7, 11) is 0. The van der Waals surface area contributed by atoms with Crippen LogP contribution in [0.25, 0.3) is 22.6 Å². The molecule has 0 spiro atoms. The number of nitrogens with one attached hydrogen (secondary N) is 2. The van der Waals surface area contributed by atoms with Crippen molar-refractivity contribution in [2.45, 2.75) is 0 Å². The molecule has 0 fully saturated rings. The Hall–Kier alpha value is -2.70. The maximum Gasteiger partial charge on any atom is 0.439 e. The number of aromatic amines is 2. The van der Waals surface area contributed by atoms with Crippen LogP contribution in [-0.2, 0) is 0 Å². The van der Waals surface area contributed by atoms with Gasteiger partial charge in [-0.05, 0) is 12.1 Å². The Bertz CT molecular complexity index is 682. The van der Waals surface area contributed by atoms with Crippen LogP contribution in [0.2, 0.25) is 0 Å². The molecule has 0 saturated carbocycles.